The molecular formula is C19H22N4O3. The summed E-state index contributed by atoms with van der Waals surface area (Å²) in [6.07, 6.45) is 4.44. The lowest BCUT2D eigenvalue weighted by atomic mass is 9.99. The molecule has 4 rings (SSSR count). The molecule has 26 heavy (non-hydrogen) atoms. The van der Waals surface area contributed by atoms with E-state index in [1.54, 1.807) is 20.3 Å². The Morgan fingerprint density at radius 2 is 1.85 bits per heavy atom. The summed E-state index contributed by atoms with van der Waals surface area (Å²) < 4.78 is 10.8. The number of methoxy groups -OCH3 is 2. The van der Waals surface area contributed by atoms with Crippen LogP contribution in [0, 0.1) is 0 Å². The molecular weight excluding hydrogens is 332 g/mol. The maximum absolute atomic E-state index is 12.2. The minimum atomic E-state index is -0.125. The molecule has 2 heterocycles. The quantitative estimate of drug-likeness (QED) is 0.884. The van der Waals surface area contributed by atoms with Gasteiger partial charge in [-0.25, -0.2) is 9.97 Å². The Bertz CT molecular complexity index is 836. The van der Waals surface area contributed by atoms with Crippen molar-refractivity contribution in [1.82, 2.24) is 15.3 Å². The monoisotopic (exact) mass is 354 g/mol. The Labute approximate surface area is 152 Å². The Hall–Kier alpha value is -2.83. The molecule has 1 N–H and O–H groups in total. The highest BCUT2D eigenvalue weighted by atomic mass is 16.5. The van der Waals surface area contributed by atoms with Crippen molar-refractivity contribution < 1.29 is 14.3 Å². The predicted molar refractivity (Wildman–Crippen MR) is 96.8 cm³/mol. The minimum absolute atomic E-state index is 0.125. The number of rotatable bonds is 5. The average molecular weight is 354 g/mol. The number of amides is 1. The highest BCUT2D eigenvalue weighted by Crippen LogP contribution is 2.34. The number of hydrogen-bond acceptors (Lipinski definition) is 6. The number of anilines is 1. The molecule has 1 fully saturated rings. The van der Waals surface area contributed by atoms with Gasteiger partial charge >= 0.3 is 0 Å². The first-order chi connectivity index (χ1) is 12.7. The van der Waals surface area contributed by atoms with Crippen LogP contribution < -0.4 is 19.7 Å². The van der Waals surface area contributed by atoms with Gasteiger partial charge in [-0.05, 0) is 42.5 Å². The van der Waals surface area contributed by atoms with E-state index in [-0.39, 0.29) is 5.91 Å². The first kappa shape index (κ1) is 16.6. The summed E-state index contributed by atoms with van der Waals surface area (Å²) in [5.74, 6) is 2.11. The van der Waals surface area contributed by atoms with Crippen molar-refractivity contribution in [2.45, 2.75) is 31.8 Å². The summed E-state index contributed by atoms with van der Waals surface area (Å²) in [5, 5.41) is 2.97. The lowest BCUT2D eigenvalue weighted by Gasteiger charge is -2.30. The van der Waals surface area contributed by atoms with Crippen LogP contribution in [0.15, 0.2) is 24.5 Å². The number of nitrogens with zero attached hydrogens (tertiary/aromatic N) is 3. The normalized spacial score (nSPS) is 16.0. The summed E-state index contributed by atoms with van der Waals surface area (Å²) >= 11 is 0. The SMILES string of the molecule is COc1cc2c(cc1OC)CN(c1cc(C(=O)NC3CC3)ncn1)CC2. The van der Waals surface area contributed by atoms with Crippen molar-refractivity contribution in [2.24, 2.45) is 0 Å². The maximum atomic E-state index is 12.2. The average Bonchev–Trinajstić information content (AvgIpc) is 3.50. The van der Waals surface area contributed by atoms with Gasteiger partial charge in [-0.2, -0.15) is 0 Å². The number of carbonyl (C=O) groups excluding carboxylic acids is 1. The molecule has 0 spiro atoms. The van der Waals surface area contributed by atoms with E-state index in [2.05, 4.69) is 20.2 Å². The van der Waals surface area contributed by atoms with Gasteiger partial charge in [-0.3, -0.25) is 4.79 Å². The van der Waals surface area contributed by atoms with Crippen LogP contribution in [-0.2, 0) is 13.0 Å². The number of hydrogen-bond donors (Lipinski definition) is 1. The Balaban J connectivity index is 1.55. The number of aromatic nitrogens is 2. The van der Waals surface area contributed by atoms with Gasteiger partial charge < -0.3 is 19.7 Å². The molecule has 0 saturated heterocycles. The molecule has 0 atom stereocenters. The first-order valence-electron chi connectivity index (χ1n) is 8.79. The molecule has 1 aromatic heterocycles. The molecule has 1 aliphatic heterocycles. The van der Waals surface area contributed by atoms with Crippen LogP contribution in [0.1, 0.15) is 34.5 Å². The third-order valence-electron chi connectivity index (χ3n) is 4.84. The molecule has 1 amide bonds. The molecule has 0 bridgehead atoms. The molecule has 2 aromatic rings. The number of fused-ring (bicyclic) bond motifs is 1. The third kappa shape index (κ3) is 3.29. The van der Waals surface area contributed by atoms with Crippen molar-refractivity contribution in [2.75, 3.05) is 25.7 Å². The van der Waals surface area contributed by atoms with Crippen LogP contribution in [-0.4, -0.2) is 42.7 Å². The van der Waals surface area contributed by atoms with Crippen LogP contribution in [0.4, 0.5) is 5.82 Å². The molecule has 1 aliphatic carbocycles. The highest BCUT2D eigenvalue weighted by Gasteiger charge is 2.25. The van der Waals surface area contributed by atoms with E-state index in [0.29, 0.717) is 18.3 Å². The van der Waals surface area contributed by atoms with Crippen molar-refractivity contribution in [3.05, 3.63) is 41.3 Å². The van der Waals surface area contributed by atoms with Gasteiger partial charge in [0, 0.05) is 25.2 Å². The molecule has 7 heteroatoms. The van der Waals surface area contributed by atoms with Gasteiger partial charge in [0.1, 0.15) is 17.8 Å². The van der Waals surface area contributed by atoms with Crippen molar-refractivity contribution in [1.29, 1.82) is 0 Å². The third-order valence-corrected chi connectivity index (χ3v) is 4.84. The first-order valence-corrected chi connectivity index (χ1v) is 8.79. The summed E-state index contributed by atoms with van der Waals surface area (Å²) in [6.45, 7) is 1.53. The molecule has 136 valence electrons. The number of ether oxygens (including phenoxy) is 2. The summed E-state index contributed by atoms with van der Waals surface area (Å²) in [5.41, 5.74) is 2.84. The molecule has 1 aromatic carbocycles. The van der Waals surface area contributed by atoms with Crippen LogP contribution in [0.3, 0.4) is 0 Å². The van der Waals surface area contributed by atoms with Gasteiger partial charge in [0.15, 0.2) is 11.5 Å². The van der Waals surface area contributed by atoms with Gasteiger partial charge in [0.25, 0.3) is 5.91 Å². The predicted octanol–water partition coefficient (Wildman–Crippen LogP) is 1.95. The smallest absolute Gasteiger partial charge is 0.270 e. The largest absolute Gasteiger partial charge is 0.493 e. The molecule has 0 radical (unpaired) electrons. The van der Waals surface area contributed by atoms with E-state index in [0.717, 1.165) is 43.1 Å². The zero-order chi connectivity index (χ0) is 18.1. The molecule has 1 saturated carbocycles. The van der Waals surface area contributed by atoms with E-state index in [9.17, 15) is 4.79 Å². The van der Waals surface area contributed by atoms with Crippen molar-refractivity contribution >= 4 is 11.7 Å². The van der Waals surface area contributed by atoms with Crippen molar-refractivity contribution in [3.63, 3.8) is 0 Å². The van der Waals surface area contributed by atoms with E-state index in [1.165, 1.54) is 17.5 Å². The maximum Gasteiger partial charge on any atom is 0.270 e. The van der Waals surface area contributed by atoms with Crippen LogP contribution in [0.5, 0.6) is 11.5 Å². The van der Waals surface area contributed by atoms with E-state index in [1.807, 2.05) is 12.1 Å². The molecule has 0 unspecified atom stereocenters. The van der Waals surface area contributed by atoms with Gasteiger partial charge in [0.2, 0.25) is 0 Å². The molecule has 7 nitrogen and oxygen atoms in total. The fourth-order valence-corrected chi connectivity index (χ4v) is 3.21. The molecule has 2 aliphatic rings. The van der Waals surface area contributed by atoms with Crippen LogP contribution in [0.2, 0.25) is 0 Å². The van der Waals surface area contributed by atoms with Gasteiger partial charge in [0.05, 0.1) is 14.2 Å². The Morgan fingerprint density at radius 3 is 2.54 bits per heavy atom. The number of carbonyl (C=O) groups is 1. The number of nitrogens with one attached hydrogen (secondary N) is 1. The Morgan fingerprint density at radius 1 is 1.12 bits per heavy atom. The van der Waals surface area contributed by atoms with Gasteiger partial charge in [-0.1, -0.05) is 0 Å². The summed E-state index contributed by atoms with van der Waals surface area (Å²) in [7, 11) is 3.29. The second-order valence-electron chi connectivity index (χ2n) is 6.66. The zero-order valence-electron chi connectivity index (χ0n) is 15.0. The standard InChI is InChI=1S/C19H22N4O3/c1-25-16-7-12-5-6-23(10-13(12)8-17(16)26-2)18-9-15(20-11-21-18)19(24)22-14-3-4-14/h7-9,11,14H,3-6,10H2,1-2H3,(H,22,24). The second kappa shape index (κ2) is 6.82. The lowest BCUT2D eigenvalue weighted by molar-refractivity contribution is 0.0946. The zero-order valence-corrected chi connectivity index (χ0v) is 15.0. The topological polar surface area (TPSA) is 76.6 Å². The Kier molecular flexibility index (Phi) is 4.36. The van der Waals surface area contributed by atoms with Crippen molar-refractivity contribution in [3.8, 4) is 11.5 Å². The summed E-state index contributed by atoms with van der Waals surface area (Å²) in [4.78, 5) is 22.9. The van der Waals surface area contributed by atoms with E-state index in [4.69, 9.17) is 9.47 Å². The fraction of sp³-hybridized carbons (Fsp3) is 0.421. The number of benzene rings is 1. The lowest BCUT2D eigenvalue weighted by Crippen LogP contribution is -2.32. The van der Waals surface area contributed by atoms with Crippen LogP contribution in [0.25, 0.3) is 0 Å². The van der Waals surface area contributed by atoms with Gasteiger partial charge in [-0.15, -0.1) is 0 Å². The van der Waals surface area contributed by atoms with Crippen LogP contribution >= 0.6 is 0 Å². The second-order valence-corrected chi connectivity index (χ2v) is 6.66. The summed E-state index contributed by atoms with van der Waals surface area (Å²) in [6, 6.07) is 6.14. The minimum Gasteiger partial charge on any atom is -0.493 e. The fourth-order valence-electron chi connectivity index (χ4n) is 3.21. The van der Waals surface area contributed by atoms with E-state index < -0.39 is 0 Å². The van der Waals surface area contributed by atoms with E-state index >= 15 is 0 Å². The highest BCUT2D eigenvalue weighted by molar-refractivity contribution is 5.93.